The first-order valence-corrected chi connectivity index (χ1v) is 9.96. The van der Waals surface area contributed by atoms with Gasteiger partial charge in [0, 0.05) is 44.5 Å². The topological polar surface area (TPSA) is 108 Å². The van der Waals surface area contributed by atoms with Gasteiger partial charge >= 0.3 is 0 Å². The first-order chi connectivity index (χ1) is 14.6. The van der Waals surface area contributed by atoms with E-state index in [0.29, 0.717) is 50.2 Å². The first-order valence-electron chi connectivity index (χ1n) is 9.96. The van der Waals surface area contributed by atoms with E-state index in [2.05, 4.69) is 25.9 Å². The third-order valence-electron chi connectivity index (χ3n) is 4.71. The van der Waals surface area contributed by atoms with Gasteiger partial charge in [0.05, 0.1) is 11.5 Å². The second-order valence-corrected chi connectivity index (χ2v) is 6.85. The van der Waals surface area contributed by atoms with Gasteiger partial charge in [0.25, 0.3) is 5.69 Å². The van der Waals surface area contributed by atoms with Crippen molar-refractivity contribution in [3.05, 3.63) is 58.5 Å². The van der Waals surface area contributed by atoms with Crippen LogP contribution in [0, 0.1) is 15.9 Å². The number of para-hydroxylation sites is 2. The van der Waals surface area contributed by atoms with Crippen molar-refractivity contribution in [3.63, 3.8) is 0 Å². The Morgan fingerprint density at radius 1 is 1.35 bits per heavy atom. The minimum absolute atomic E-state index is 0. The van der Waals surface area contributed by atoms with Gasteiger partial charge in [0.2, 0.25) is 0 Å². The lowest BCUT2D eigenvalue weighted by Gasteiger charge is -2.20. The minimum Gasteiger partial charge on any atom is -0.378 e. The molecule has 0 spiro atoms. The molecule has 0 aliphatic carbocycles. The average Bonchev–Trinajstić information content (AvgIpc) is 3.20. The minimum atomic E-state index is -0.409. The Morgan fingerprint density at radius 3 is 2.90 bits per heavy atom. The third kappa shape index (κ3) is 6.91. The largest absolute Gasteiger partial charge is 0.378 e. The monoisotopic (exact) mass is 543 g/mol. The van der Waals surface area contributed by atoms with Gasteiger partial charge < -0.3 is 20.9 Å². The van der Waals surface area contributed by atoms with E-state index in [9.17, 15) is 14.5 Å². The number of hydrogen-bond donors (Lipinski definition) is 3. The zero-order valence-electron chi connectivity index (χ0n) is 17.3. The molecule has 2 heterocycles. The highest BCUT2D eigenvalue weighted by atomic mass is 127. The number of guanidine groups is 1. The number of nitrogens with zero attached hydrogens (tertiary/aromatic N) is 4. The summed E-state index contributed by atoms with van der Waals surface area (Å²) in [6.07, 6.45) is 2.43. The lowest BCUT2D eigenvalue weighted by molar-refractivity contribution is -0.384. The highest BCUT2D eigenvalue weighted by molar-refractivity contribution is 14.0. The summed E-state index contributed by atoms with van der Waals surface area (Å²) >= 11 is 0. The van der Waals surface area contributed by atoms with Crippen LogP contribution < -0.4 is 20.9 Å². The van der Waals surface area contributed by atoms with Gasteiger partial charge in [-0.3, -0.25) is 15.1 Å². The molecule has 1 unspecified atom stereocenters. The predicted molar refractivity (Wildman–Crippen MR) is 131 cm³/mol. The van der Waals surface area contributed by atoms with E-state index in [1.807, 2.05) is 11.8 Å². The molecule has 1 aliphatic heterocycles. The fraction of sp³-hybridized carbons (Fsp3) is 0.400. The molecule has 3 N–H and O–H groups in total. The highest BCUT2D eigenvalue weighted by Gasteiger charge is 2.25. The molecule has 0 saturated carbocycles. The van der Waals surface area contributed by atoms with Crippen LogP contribution in [0.3, 0.4) is 0 Å². The van der Waals surface area contributed by atoms with Gasteiger partial charge in [0.15, 0.2) is 17.6 Å². The van der Waals surface area contributed by atoms with Crippen LogP contribution in [0.4, 0.5) is 21.6 Å². The van der Waals surface area contributed by atoms with Gasteiger partial charge in [0.1, 0.15) is 5.69 Å². The maximum absolute atomic E-state index is 14.0. The number of aromatic nitrogens is 1. The van der Waals surface area contributed by atoms with Crippen LogP contribution in [0.1, 0.15) is 13.3 Å². The van der Waals surface area contributed by atoms with Crippen molar-refractivity contribution in [2.45, 2.75) is 19.4 Å². The summed E-state index contributed by atoms with van der Waals surface area (Å²) in [5.41, 5.74) is 0.513. The zero-order chi connectivity index (χ0) is 21.3. The number of nitro groups is 1. The van der Waals surface area contributed by atoms with Crippen molar-refractivity contribution in [1.82, 2.24) is 15.6 Å². The summed E-state index contributed by atoms with van der Waals surface area (Å²) in [7, 11) is 0. The number of hydrogen-bond acceptors (Lipinski definition) is 6. The van der Waals surface area contributed by atoms with Crippen molar-refractivity contribution in [1.29, 1.82) is 0 Å². The summed E-state index contributed by atoms with van der Waals surface area (Å²) in [4.78, 5) is 21.3. The van der Waals surface area contributed by atoms with E-state index < -0.39 is 4.92 Å². The summed E-state index contributed by atoms with van der Waals surface area (Å²) in [5.74, 6) is 0.715. The molecule has 1 saturated heterocycles. The molecule has 1 atom stereocenters. The SMILES string of the molecule is CCNC(=NCCNc1ccccc1[N+](=O)[O-])NC1CCN(c2ncccc2F)C1.I. The Kier molecular flexibility index (Phi) is 9.69. The molecule has 9 nitrogen and oxygen atoms in total. The van der Waals surface area contributed by atoms with Crippen LogP contribution in [0.15, 0.2) is 47.6 Å². The molecular formula is C20H27FIN7O2. The Balaban J connectivity index is 0.00000341. The molecule has 31 heavy (non-hydrogen) atoms. The summed E-state index contributed by atoms with van der Waals surface area (Å²) in [5, 5.41) is 20.7. The molecule has 1 aliphatic rings. The fourth-order valence-corrected chi connectivity index (χ4v) is 3.33. The second-order valence-electron chi connectivity index (χ2n) is 6.85. The van der Waals surface area contributed by atoms with Gasteiger partial charge in [-0.1, -0.05) is 12.1 Å². The fourth-order valence-electron chi connectivity index (χ4n) is 3.33. The molecule has 0 amide bonds. The number of nitro benzene ring substituents is 1. The van der Waals surface area contributed by atoms with Gasteiger partial charge in [-0.05, 0) is 31.5 Å². The normalized spacial score (nSPS) is 15.9. The lowest BCUT2D eigenvalue weighted by Crippen LogP contribution is -2.45. The van der Waals surface area contributed by atoms with E-state index in [1.54, 1.807) is 30.5 Å². The predicted octanol–water partition coefficient (Wildman–Crippen LogP) is 2.99. The third-order valence-corrected chi connectivity index (χ3v) is 4.71. The maximum atomic E-state index is 14.0. The van der Waals surface area contributed by atoms with E-state index in [1.165, 1.54) is 12.1 Å². The smallest absolute Gasteiger partial charge is 0.292 e. The summed E-state index contributed by atoms with van der Waals surface area (Å²) in [6.45, 7) is 4.92. The number of benzene rings is 1. The quantitative estimate of drug-likeness (QED) is 0.117. The van der Waals surface area contributed by atoms with E-state index in [-0.39, 0.29) is 41.5 Å². The zero-order valence-corrected chi connectivity index (χ0v) is 19.6. The molecule has 2 aromatic rings. The number of nitrogens with one attached hydrogen (secondary N) is 3. The molecule has 1 fully saturated rings. The van der Waals surface area contributed by atoms with Crippen molar-refractivity contribution >= 4 is 47.1 Å². The number of anilines is 2. The van der Waals surface area contributed by atoms with E-state index >= 15 is 0 Å². The van der Waals surface area contributed by atoms with Crippen LogP contribution in [0.5, 0.6) is 0 Å². The number of aliphatic imine (C=N–C) groups is 1. The molecule has 11 heteroatoms. The van der Waals surface area contributed by atoms with Gasteiger partial charge in [-0.25, -0.2) is 9.37 Å². The molecule has 0 bridgehead atoms. The molecule has 3 rings (SSSR count). The number of halogens is 2. The van der Waals surface area contributed by atoms with Crippen molar-refractivity contribution in [3.8, 4) is 0 Å². The molecule has 1 aromatic heterocycles. The maximum Gasteiger partial charge on any atom is 0.292 e. The molecular weight excluding hydrogens is 516 g/mol. The van der Waals surface area contributed by atoms with E-state index in [0.717, 1.165) is 6.42 Å². The van der Waals surface area contributed by atoms with Gasteiger partial charge in [-0.2, -0.15) is 0 Å². The second kappa shape index (κ2) is 12.2. The standard InChI is InChI=1S/C20H26FN7O2.HI/c1-2-22-20(25-12-11-23-17-7-3-4-8-18(17)28(29)30)26-15-9-13-27(14-15)19-16(21)6-5-10-24-19;/h3-8,10,15,23H,2,9,11-14H2,1H3,(H2,22,25,26);1H. The Morgan fingerprint density at radius 2 is 2.16 bits per heavy atom. The molecule has 168 valence electrons. The first kappa shape index (κ1) is 24.6. The summed E-state index contributed by atoms with van der Waals surface area (Å²) < 4.78 is 14.0. The van der Waals surface area contributed by atoms with E-state index in [4.69, 9.17) is 0 Å². The van der Waals surface area contributed by atoms with Crippen molar-refractivity contribution in [2.75, 3.05) is 42.9 Å². The van der Waals surface area contributed by atoms with Crippen LogP contribution in [-0.2, 0) is 0 Å². The Labute approximate surface area is 197 Å². The van der Waals surface area contributed by atoms with Crippen molar-refractivity contribution in [2.24, 2.45) is 4.99 Å². The molecule has 0 radical (unpaired) electrons. The van der Waals surface area contributed by atoms with Crippen LogP contribution >= 0.6 is 24.0 Å². The lowest BCUT2D eigenvalue weighted by atomic mass is 10.2. The number of rotatable bonds is 8. The van der Waals surface area contributed by atoms with Crippen molar-refractivity contribution < 1.29 is 9.31 Å². The average molecular weight is 543 g/mol. The van der Waals surface area contributed by atoms with Crippen LogP contribution in [0.25, 0.3) is 0 Å². The Hall–Kier alpha value is -2.70. The highest BCUT2D eigenvalue weighted by Crippen LogP contribution is 2.23. The van der Waals surface area contributed by atoms with Gasteiger partial charge in [-0.15, -0.1) is 24.0 Å². The molecule has 1 aromatic carbocycles. The van der Waals surface area contributed by atoms with Crippen LogP contribution in [-0.4, -0.2) is 54.6 Å². The summed E-state index contributed by atoms with van der Waals surface area (Å²) in [6, 6.07) is 9.64. The Bertz CT molecular complexity index is 899. The number of pyridine rings is 1. The van der Waals surface area contributed by atoms with Crippen LogP contribution in [0.2, 0.25) is 0 Å².